The van der Waals surface area contributed by atoms with E-state index in [-0.39, 0.29) is 11.1 Å². The number of amides is 2. The van der Waals surface area contributed by atoms with E-state index in [1.54, 1.807) is 0 Å². The highest BCUT2D eigenvalue weighted by atomic mass is 16.4. The van der Waals surface area contributed by atoms with E-state index in [2.05, 4.69) is 5.32 Å². The number of rotatable bonds is 6. The topological polar surface area (TPSA) is 147 Å². The van der Waals surface area contributed by atoms with Crippen molar-refractivity contribution in [1.82, 2.24) is 5.32 Å². The summed E-state index contributed by atoms with van der Waals surface area (Å²) < 4.78 is 0. The maximum atomic E-state index is 11.7. The average molecular weight is 280 g/mol. The van der Waals surface area contributed by atoms with Crippen LogP contribution in [0.4, 0.5) is 0 Å². The molecular formula is C12H12N2O6. The fourth-order valence-electron chi connectivity index (χ4n) is 1.40. The van der Waals surface area contributed by atoms with Crippen LogP contribution in [-0.2, 0) is 9.59 Å². The first kappa shape index (κ1) is 15.2. The summed E-state index contributed by atoms with van der Waals surface area (Å²) in [5.74, 6) is -4.21. The molecule has 1 atom stereocenters. The quantitative estimate of drug-likeness (QED) is 0.549. The molecule has 5 N–H and O–H groups in total. The van der Waals surface area contributed by atoms with Crippen LogP contribution < -0.4 is 11.1 Å². The SMILES string of the molecule is NC(=O)c1ccc(C(=O)N[C@@H](CC(=O)O)C(=O)O)cc1. The minimum atomic E-state index is -1.53. The number of nitrogens with one attached hydrogen (secondary N) is 1. The Morgan fingerprint density at radius 2 is 1.55 bits per heavy atom. The summed E-state index contributed by atoms with van der Waals surface area (Å²) in [7, 11) is 0. The molecule has 1 aromatic carbocycles. The molecule has 8 heteroatoms. The molecular weight excluding hydrogens is 268 g/mol. The second-order valence-electron chi connectivity index (χ2n) is 3.90. The number of aliphatic carboxylic acids is 2. The molecule has 0 bridgehead atoms. The smallest absolute Gasteiger partial charge is 0.326 e. The van der Waals surface area contributed by atoms with Crippen molar-refractivity contribution < 1.29 is 29.4 Å². The summed E-state index contributed by atoms with van der Waals surface area (Å²) in [5, 5.41) is 19.4. The lowest BCUT2D eigenvalue weighted by Crippen LogP contribution is -2.42. The number of carboxylic acid groups (broad SMARTS) is 2. The summed E-state index contributed by atoms with van der Waals surface area (Å²) in [4.78, 5) is 43.9. The Hall–Kier alpha value is -2.90. The minimum Gasteiger partial charge on any atom is -0.481 e. The van der Waals surface area contributed by atoms with Gasteiger partial charge in [0.05, 0.1) is 6.42 Å². The van der Waals surface area contributed by atoms with Gasteiger partial charge in [0, 0.05) is 11.1 Å². The number of carbonyl (C=O) groups is 4. The minimum absolute atomic E-state index is 0.0895. The van der Waals surface area contributed by atoms with E-state index in [4.69, 9.17) is 15.9 Å². The van der Waals surface area contributed by atoms with Crippen LogP contribution in [0.3, 0.4) is 0 Å². The second-order valence-corrected chi connectivity index (χ2v) is 3.90. The van der Waals surface area contributed by atoms with Gasteiger partial charge >= 0.3 is 11.9 Å². The van der Waals surface area contributed by atoms with E-state index < -0.39 is 36.2 Å². The summed E-state index contributed by atoms with van der Waals surface area (Å²) >= 11 is 0. The number of carboxylic acids is 2. The third-order valence-corrected chi connectivity index (χ3v) is 2.41. The maximum Gasteiger partial charge on any atom is 0.326 e. The Bertz CT molecular complexity index is 552. The van der Waals surface area contributed by atoms with Gasteiger partial charge in [-0.25, -0.2) is 4.79 Å². The van der Waals surface area contributed by atoms with Crippen molar-refractivity contribution in [2.45, 2.75) is 12.5 Å². The molecule has 8 nitrogen and oxygen atoms in total. The summed E-state index contributed by atoms with van der Waals surface area (Å²) in [6.45, 7) is 0. The Morgan fingerprint density at radius 1 is 1.05 bits per heavy atom. The molecule has 0 aliphatic heterocycles. The van der Waals surface area contributed by atoms with Crippen molar-refractivity contribution >= 4 is 23.8 Å². The predicted molar refractivity (Wildman–Crippen MR) is 66.1 cm³/mol. The van der Waals surface area contributed by atoms with Crippen molar-refractivity contribution in [3.8, 4) is 0 Å². The molecule has 0 unspecified atom stereocenters. The number of hydrogen-bond acceptors (Lipinski definition) is 4. The van der Waals surface area contributed by atoms with Crippen molar-refractivity contribution in [2.24, 2.45) is 5.73 Å². The molecule has 0 spiro atoms. The van der Waals surface area contributed by atoms with Gasteiger partial charge in [-0.05, 0) is 24.3 Å². The van der Waals surface area contributed by atoms with Crippen molar-refractivity contribution in [3.05, 3.63) is 35.4 Å². The molecule has 0 saturated heterocycles. The van der Waals surface area contributed by atoms with Gasteiger partial charge in [-0.2, -0.15) is 0 Å². The highest BCUT2D eigenvalue weighted by Gasteiger charge is 2.23. The molecule has 0 aromatic heterocycles. The van der Waals surface area contributed by atoms with Gasteiger partial charge < -0.3 is 21.3 Å². The van der Waals surface area contributed by atoms with Crippen LogP contribution in [0.15, 0.2) is 24.3 Å². The Labute approximate surface area is 113 Å². The number of benzene rings is 1. The summed E-state index contributed by atoms with van der Waals surface area (Å²) in [6.07, 6.45) is -0.736. The Balaban J connectivity index is 2.80. The van der Waals surface area contributed by atoms with Gasteiger partial charge in [-0.1, -0.05) is 0 Å². The highest BCUT2D eigenvalue weighted by Crippen LogP contribution is 2.05. The molecule has 20 heavy (non-hydrogen) atoms. The molecule has 1 aromatic rings. The highest BCUT2D eigenvalue weighted by molar-refractivity contribution is 5.99. The van der Waals surface area contributed by atoms with Gasteiger partial charge in [0.2, 0.25) is 5.91 Å². The third kappa shape index (κ3) is 4.09. The average Bonchev–Trinajstić information content (AvgIpc) is 2.37. The molecule has 0 radical (unpaired) electrons. The molecule has 0 aliphatic carbocycles. The van der Waals surface area contributed by atoms with Gasteiger partial charge in [0.1, 0.15) is 6.04 Å². The van der Waals surface area contributed by atoms with Gasteiger partial charge in [-0.15, -0.1) is 0 Å². The number of primary amides is 1. The lowest BCUT2D eigenvalue weighted by atomic mass is 10.1. The van der Waals surface area contributed by atoms with Gasteiger partial charge in [0.25, 0.3) is 5.91 Å². The van der Waals surface area contributed by atoms with Crippen LogP contribution in [0.25, 0.3) is 0 Å². The van der Waals surface area contributed by atoms with Crippen LogP contribution in [0.5, 0.6) is 0 Å². The zero-order chi connectivity index (χ0) is 15.3. The first-order chi connectivity index (χ1) is 9.31. The zero-order valence-electron chi connectivity index (χ0n) is 10.2. The van der Waals surface area contributed by atoms with E-state index in [0.717, 1.165) is 0 Å². The van der Waals surface area contributed by atoms with Crippen LogP contribution in [-0.4, -0.2) is 40.0 Å². The van der Waals surface area contributed by atoms with Crippen LogP contribution in [0.1, 0.15) is 27.1 Å². The van der Waals surface area contributed by atoms with Crippen molar-refractivity contribution in [3.63, 3.8) is 0 Å². The van der Waals surface area contributed by atoms with Crippen LogP contribution in [0, 0.1) is 0 Å². The fourth-order valence-corrected chi connectivity index (χ4v) is 1.40. The lowest BCUT2D eigenvalue weighted by Gasteiger charge is -2.12. The van der Waals surface area contributed by atoms with Gasteiger partial charge in [0.15, 0.2) is 0 Å². The van der Waals surface area contributed by atoms with Crippen molar-refractivity contribution in [1.29, 1.82) is 0 Å². The monoisotopic (exact) mass is 280 g/mol. The lowest BCUT2D eigenvalue weighted by molar-refractivity contribution is -0.145. The van der Waals surface area contributed by atoms with E-state index >= 15 is 0 Å². The Morgan fingerprint density at radius 3 is 1.95 bits per heavy atom. The molecule has 0 saturated carbocycles. The van der Waals surface area contributed by atoms with Gasteiger partial charge in [-0.3, -0.25) is 14.4 Å². The van der Waals surface area contributed by atoms with Crippen molar-refractivity contribution in [2.75, 3.05) is 0 Å². The van der Waals surface area contributed by atoms with E-state index in [0.29, 0.717) is 0 Å². The number of hydrogen-bond donors (Lipinski definition) is 4. The molecule has 0 aliphatic rings. The van der Waals surface area contributed by atoms with Crippen LogP contribution in [0.2, 0.25) is 0 Å². The molecule has 0 fully saturated rings. The molecule has 0 heterocycles. The zero-order valence-corrected chi connectivity index (χ0v) is 10.2. The normalized spacial score (nSPS) is 11.4. The predicted octanol–water partition coefficient (Wildman–Crippen LogP) is -0.557. The summed E-state index contributed by atoms with van der Waals surface area (Å²) in [6, 6.07) is 3.66. The molecule has 106 valence electrons. The summed E-state index contributed by atoms with van der Waals surface area (Å²) in [5.41, 5.74) is 5.32. The molecule has 1 rings (SSSR count). The fraction of sp³-hybridized carbons (Fsp3) is 0.167. The molecule has 2 amide bonds. The van der Waals surface area contributed by atoms with E-state index in [9.17, 15) is 19.2 Å². The van der Waals surface area contributed by atoms with Crippen LogP contribution >= 0.6 is 0 Å². The first-order valence-electron chi connectivity index (χ1n) is 5.46. The number of nitrogens with two attached hydrogens (primary N) is 1. The second kappa shape index (κ2) is 6.32. The maximum absolute atomic E-state index is 11.7. The van der Waals surface area contributed by atoms with E-state index in [1.807, 2.05) is 0 Å². The largest absolute Gasteiger partial charge is 0.481 e. The standard InChI is InChI=1S/C12H12N2O6/c13-10(17)6-1-3-7(4-2-6)11(18)14-8(12(19)20)5-9(15)16/h1-4,8H,5H2,(H2,13,17)(H,14,18)(H,15,16)(H,19,20)/t8-/m0/s1. The third-order valence-electron chi connectivity index (χ3n) is 2.41. The Kier molecular flexibility index (Phi) is 4.79. The first-order valence-corrected chi connectivity index (χ1v) is 5.46. The van der Waals surface area contributed by atoms with E-state index in [1.165, 1.54) is 24.3 Å². The number of carbonyl (C=O) groups excluding carboxylic acids is 2.